The molecule has 7 heteroatoms. The van der Waals surface area contributed by atoms with Crippen molar-refractivity contribution in [3.8, 4) is 0 Å². The normalized spacial score (nSPS) is 13.9. The summed E-state index contributed by atoms with van der Waals surface area (Å²) in [5.74, 6) is -3.24. The van der Waals surface area contributed by atoms with E-state index in [1.165, 1.54) is 12.1 Å². The Kier molecular flexibility index (Phi) is 5.33. The summed E-state index contributed by atoms with van der Waals surface area (Å²) in [5.41, 5.74) is 3.07. The number of hydrogen-bond acceptors (Lipinski definition) is 3. The number of nitrogens with one attached hydrogen (secondary N) is 1. The Morgan fingerprint density at radius 3 is 2.29 bits per heavy atom. The summed E-state index contributed by atoms with van der Waals surface area (Å²) < 4.78 is 27.1. The van der Waals surface area contributed by atoms with Crippen LogP contribution in [0.1, 0.15) is 16.7 Å². The number of nitrogens with zero attached hydrogens (tertiary/aromatic N) is 1. The van der Waals surface area contributed by atoms with Gasteiger partial charge in [-0.2, -0.15) is 0 Å². The lowest BCUT2D eigenvalue weighted by Gasteiger charge is -2.15. The van der Waals surface area contributed by atoms with Gasteiger partial charge in [0.2, 0.25) is 0 Å². The summed E-state index contributed by atoms with van der Waals surface area (Å²) in [4.78, 5) is 27.7. The van der Waals surface area contributed by atoms with Crippen LogP contribution in [0.4, 0.5) is 20.2 Å². The lowest BCUT2D eigenvalue weighted by molar-refractivity contribution is -0.120. The van der Waals surface area contributed by atoms with E-state index < -0.39 is 23.4 Å². The Morgan fingerprint density at radius 1 is 0.839 bits per heavy atom. The van der Waals surface area contributed by atoms with Crippen LogP contribution < -0.4 is 10.2 Å². The Bertz CT molecular complexity index is 1270. The van der Waals surface area contributed by atoms with Crippen molar-refractivity contribution in [2.45, 2.75) is 13.8 Å². The van der Waals surface area contributed by atoms with Crippen molar-refractivity contribution < 1.29 is 18.4 Å². The Hall–Kier alpha value is -3.51. The van der Waals surface area contributed by atoms with Gasteiger partial charge in [-0.05, 0) is 60.9 Å². The Labute approximate surface area is 182 Å². The van der Waals surface area contributed by atoms with Crippen molar-refractivity contribution in [1.82, 2.24) is 0 Å². The first kappa shape index (κ1) is 20.8. The van der Waals surface area contributed by atoms with Crippen LogP contribution in [0.3, 0.4) is 0 Å². The van der Waals surface area contributed by atoms with Gasteiger partial charge in [0.15, 0.2) is 11.6 Å². The molecule has 0 aliphatic carbocycles. The van der Waals surface area contributed by atoms with E-state index in [2.05, 4.69) is 5.32 Å². The first-order valence-electron chi connectivity index (χ1n) is 9.44. The van der Waals surface area contributed by atoms with Gasteiger partial charge in [-0.15, -0.1) is 0 Å². The minimum absolute atomic E-state index is 0.0285. The van der Waals surface area contributed by atoms with Crippen molar-refractivity contribution in [3.05, 3.63) is 99.7 Å². The Balaban J connectivity index is 1.85. The molecule has 1 heterocycles. The van der Waals surface area contributed by atoms with E-state index in [4.69, 9.17) is 11.6 Å². The van der Waals surface area contributed by atoms with Gasteiger partial charge >= 0.3 is 0 Å². The van der Waals surface area contributed by atoms with Crippen LogP contribution in [-0.4, -0.2) is 11.8 Å². The molecule has 3 aromatic carbocycles. The van der Waals surface area contributed by atoms with Crippen LogP contribution in [0.5, 0.6) is 0 Å². The van der Waals surface area contributed by atoms with Gasteiger partial charge in [0.25, 0.3) is 11.8 Å². The summed E-state index contributed by atoms with van der Waals surface area (Å²) in [5, 5.41) is 3.18. The largest absolute Gasteiger partial charge is 0.350 e. The molecule has 0 saturated carbocycles. The van der Waals surface area contributed by atoms with E-state index in [0.29, 0.717) is 16.3 Å². The minimum Gasteiger partial charge on any atom is -0.350 e. The average molecular weight is 439 g/mol. The summed E-state index contributed by atoms with van der Waals surface area (Å²) >= 11 is 6.05. The van der Waals surface area contributed by atoms with Crippen LogP contribution in [0.2, 0.25) is 5.02 Å². The lowest BCUT2D eigenvalue weighted by atomic mass is 9.99. The van der Waals surface area contributed by atoms with Crippen LogP contribution in [0, 0.1) is 25.5 Å². The summed E-state index contributed by atoms with van der Waals surface area (Å²) in [6, 6.07) is 15.0. The molecule has 0 fully saturated rings. The number of aryl methyl sites for hydroxylation is 2. The van der Waals surface area contributed by atoms with Gasteiger partial charge in [-0.25, -0.2) is 13.7 Å². The van der Waals surface area contributed by atoms with Gasteiger partial charge in [0.05, 0.1) is 11.3 Å². The van der Waals surface area contributed by atoms with Crippen LogP contribution >= 0.6 is 11.6 Å². The van der Waals surface area contributed by atoms with Crippen LogP contribution in [0.15, 0.2) is 66.4 Å². The van der Waals surface area contributed by atoms with Crippen molar-refractivity contribution >= 4 is 40.4 Å². The molecule has 2 amide bonds. The molecule has 1 aliphatic heterocycles. The molecule has 0 saturated heterocycles. The summed E-state index contributed by atoms with van der Waals surface area (Å²) in [7, 11) is 0. The second-order valence-corrected chi connectivity index (χ2v) is 7.66. The third-order valence-corrected chi connectivity index (χ3v) is 5.37. The zero-order valence-electron chi connectivity index (χ0n) is 16.7. The fourth-order valence-corrected chi connectivity index (χ4v) is 3.56. The van der Waals surface area contributed by atoms with Gasteiger partial charge in [0, 0.05) is 16.8 Å². The molecule has 1 N–H and O–H groups in total. The minimum atomic E-state index is -1.07. The van der Waals surface area contributed by atoms with E-state index in [0.717, 1.165) is 28.2 Å². The topological polar surface area (TPSA) is 49.4 Å². The highest BCUT2D eigenvalue weighted by Crippen LogP contribution is 2.35. The van der Waals surface area contributed by atoms with Gasteiger partial charge in [-0.1, -0.05) is 35.9 Å². The maximum atomic E-state index is 13.7. The van der Waals surface area contributed by atoms with E-state index in [1.807, 2.05) is 26.0 Å². The summed E-state index contributed by atoms with van der Waals surface area (Å²) in [6.07, 6.45) is 0. The molecule has 31 heavy (non-hydrogen) atoms. The molecule has 4 nitrogen and oxygen atoms in total. The molecule has 0 spiro atoms. The number of amides is 2. The second kappa shape index (κ2) is 7.96. The van der Waals surface area contributed by atoms with Crippen molar-refractivity contribution in [1.29, 1.82) is 0 Å². The highest BCUT2D eigenvalue weighted by atomic mass is 35.5. The number of hydrogen-bond donors (Lipinski definition) is 1. The number of carbonyl (C=O) groups is 2. The standard InChI is InChI=1S/C24H17ClF2N2O2/c1-13-6-7-15(10-14(13)2)21-22(28-17-8-9-19(26)20(27)12-17)24(31)29(23(21)30)18-5-3-4-16(25)11-18/h3-12,28H,1-2H3. The van der Waals surface area contributed by atoms with Crippen molar-refractivity contribution in [3.63, 3.8) is 0 Å². The van der Waals surface area contributed by atoms with Crippen LogP contribution in [-0.2, 0) is 9.59 Å². The Morgan fingerprint density at radius 2 is 1.61 bits per heavy atom. The third kappa shape index (κ3) is 3.82. The maximum Gasteiger partial charge on any atom is 0.282 e. The number of anilines is 2. The number of imide groups is 1. The number of carbonyl (C=O) groups excluding carboxylic acids is 2. The van der Waals surface area contributed by atoms with E-state index in [-0.39, 0.29) is 17.0 Å². The van der Waals surface area contributed by atoms with Gasteiger partial charge in [-0.3, -0.25) is 9.59 Å². The molecule has 0 unspecified atom stereocenters. The number of rotatable bonds is 4. The molecule has 0 radical (unpaired) electrons. The van der Waals surface area contributed by atoms with Crippen molar-refractivity contribution in [2.75, 3.05) is 10.2 Å². The summed E-state index contributed by atoms with van der Waals surface area (Å²) in [6.45, 7) is 3.84. The smallest absolute Gasteiger partial charge is 0.282 e. The van der Waals surface area contributed by atoms with E-state index in [1.54, 1.807) is 24.3 Å². The second-order valence-electron chi connectivity index (χ2n) is 7.23. The monoisotopic (exact) mass is 438 g/mol. The molecular formula is C24H17ClF2N2O2. The van der Waals surface area contributed by atoms with Crippen LogP contribution in [0.25, 0.3) is 5.57 Å². The molecular weight excluding hydrogens is 422 g/mol. The molecule has 3 aromatic rings. The van der Waals surface area contributed by atoms with Gasteiger partial charge in [0.1, 0.15) is 5.70 Å². The maximum absolute atomic E-state index is 13.7. The van der Waals surface area contributed by atoms with E-state index >= 15 is 0 Å². The fourth-order valence-electron chi connectivity index (χ4n) is 3.38. The predicted molar refractivity (Wildman–Crippen MR) is 117 cm³/mol. The third-order valence-electron chi connectivity index (χ3n) is 5.13. The SMILES string of the molecule is Cc1ccc(C2=C(Nc3ccc(F)c(F)c3)C(=O)N(c3cccc(Cl)c3)C2=O)cc1C. The molecule has 156 valence electrons. The van der Waals surface area contributed by atoms with E-state index in [9.17, 15) is 18.4 Å². The first-order chi connectivity index (χ1) is 14.8. The predicted octanol–water partition coefficient (Wildman–Crippen LogP) is 5.63. The highest BCUT2D eigenvalue weighted by Gasteiger charge is 2.40. The quantitative estimate of drug-likeness (QED) is 0.537. The zero-order chi connectivity index (χ0) is 22.3. The average Bonchev–Trinajstić information content (AvgIpc) is 2.96. The zero-order valence-corrected chi connectivity index (χ0v) is 17.4. The van der Waals surface area contributed by atoms with Crippen molar-refractivity contribution in [2.24, 2.45) is 0 Å². The molecule has 4 rings (SSSR count). The highest BCUT2D eigenvalue weighted by molar-refractivity contribution is 6.46. The number of benzene rings is 3. The first-order valence-corrected chi connectivity index (χ1v) is 9.82. The van der Waals surface area contributed by atoms with Gasteiger partial charge < -0.3 is 5.32 Å². The molecule has 0 atom stereocenters. The molecule has 0 aromatic heterocycles. The molecule has 1 aliphatic rings. The lowest BCUT2D eigenvalue weighted by Crippen LogP contribution is -2.32. The number of halogens is 3. The fraction of sp³-hybridized carbons (Fsp3) is 0.0833. The molecule has 0 bridgehead atoms.